The second kappa shape index (κ2) is 7.82. The molecule has 0 spiro atoms. The number of hydrogen-bond donors (Lipinski definition) is 1. The fourth-order valence-corrected chi connectivity index (χ4v) is 1.57. The summed E-state index contributed by atoms with van der Waals surface area (Å²) in [5.41, 5.74) is 0.775. The lowest BCUT2D eigenvalue weighted by Gasteiger charge is -2.03. The summed E-state index contributed by atoms with van der Waals surface area (Å²) in [6, 6.07) is 7.27. The van der Waals surface area contributed by atoms with E-state index in [9.17, 15) is 4.79 Å². The van der Waals surface area contributed by atoms with E-state index < -0.39 is 5.97 Å². The minimum Gasteiger partial charge on any atom is -0.481 e. The molecular formula is C13H17ClN2O2. The van der Waals surface area contributed by atoms with Gasteiger partial charge in [-0.2, -0.15) is 10.2 Å². The molecule has 0 aliphatic carbocycles. The van der Waals surface area contributed by atoms with Crippen LogP contribution < -0.4 is 0 Å². The van der Waals surface area contributed by atoms with Gasteiger partial charge in [0.1, 0.15) is 0 Å². The lowest BCUT2D eigenvalue weighted by atomic mass is 10.1. The van der Waals surface area contributed by atoms with Gasteiger partial charge in [-0.3, -0.25) is 4.79 Å². The Balaban J connectivity index is 2.28. The van der Waals surface area contributed by atoms with Crippen molar-refractivity contribution in [1.82, 2.24) is 0 Å². The quantitative estimate of drug-likeness (QED) is 0.586. The van der Waals surface area contributed by atoms with Crippen molar-refractivity contribution in [2.75, 3.05) is 0 Å². The number of nitrogens with zero attached hydrogens (tertiary/aromatic N) is 2. The molecule has 4 nitrogen and oxygen atoms in total. The molecule has 0 amide bonds. The molecule has 1 aromatic carbocycles. The number of aliphatic carboxylic acids is 1. The number of carboxylic acid groups (broad SMARTS) is 1. The number of benzene rings is 1. The van der Waals surface area contributed by atoms with Crippen molar-refractivity contribution in [1.29, 1.82) is 0 Å². The van der Waals surface area contributed by atoms with Gasteiger partial charge in [-0.15, -0.1) is 0 Å². The highest BCUT2D eigenvalue weighted by atomic mass is 35.5. The Morgan fingerprint density at radius 3 is 2.61 bits per heavy atom. The number of hydrogen-bond acceptors (Lipinski definition) is 3. The first kappa shape index (κ1) is 14.6. The van der Waals surface area contributed by atoms with Gasteiger partial charge in [-0.05, 0) is 44.0 Å². The SMILES string of the molecule is CC(CCCCC(=O)O)N=Nc1ccc(Cl)cc1. The van der Waals surface area contributed by atoms with Gasteiger partial charge in [-0.25, -0.2) is 0 Å². The third-order valence-corrected chi connectivity index (χ3v) is 2.71. The van der Waals surface area contributed by atoms with Crippen LogP contribution in [0.4, 0.5) is 5.69 Å². The van der Waals surface area contributed by atoms with E-state index in [-0.39, 0.29) is 12.5 Å². The van der Waals surface area contributed by atoms with Gasteiger partial charge >= 0.3 is 5.97 Å². The number of carbonyl (C=O) groups is 1. The molecule has 1 aromatic rings. The second-order valence-electron chi connectivity index (χ2n) is 4.18. The third-order valence-electron chi connectivity index (χ3n) is 2.46. The Morgan fingerprint density at radius 2 is 2.00 bits per heavy atom. The van der Waals surface area contributed by atoms with Crippen LogP contribution in [-0.4, -0.2) is 17.1 Å². The summed E-state index contributed by atoms with van der Waals surface area (Å²) in [7, 11) is 0. The predicted molar refractivity (Wildman–Crippen MR) is 71.5 cm³/mol. The highest BCUT2D eigenvalue weighted by Crippen LogP contribution is 2.17. The van der Waals surface area contributed by atoms with Crippen LogP contribution in [0.15, 0.2) is 34.5 Å². The fraction of sp³-hybridized carbons (Fsp3) is 0.462. The van der Waals surface area contributed by atoms with Crippen molar-refractivity contribution in [2.45, 2.75) is 38.6 Å². The average Bonchev–Trinajstić information content (AvgIpc) is 2.34. The van der Waals surface area contributed by atoms with Crippen molar-refractivity contribution in [2.24, 2.45) is 10.2 Å². The molecule has 0 bridgehead atoms. The van der Waals surface area contributed by atoms with Gasteiger partial charge in [0.2, 0.25) is 0 Å². The monoisotopic (exact) mass is 268 g/mol. The summed E-state index contributed by atoms with van der Waals surface area (Å²) in [4.78, 5) is 10.3. The second-order valence-corrected chi connectivity index (χ2v) is 4.62. The van der Waals surface area contributed by atoms with Crippen molar-refractivity contribution in [3.8, 4) is 0 Å². The minimum atomic E-state index is -0.745. The van der Waals surface area contributed by atoms with Gasteiger partial charge in [0.25, 0.3) is 0 Å². The largest absolute Gasteiger partial charge is 0.481 e. The molecule has 1 unspecified atom stereocenters. The summed E-state index contributed by atoms with van der Waals surface area (Å²) < 4.78 is 0. The average molecular weight is 269 g/mol. The van der Waals surface area contributed by atoms with Crippen LogP contribution in [-0.2, 0) is 4.79 Å². The molecular weight excluding hydrogens is 252 g/mol. The third kappa shape index (κ3) is 6.35. The molecule has 0 aliphatic heterocycles. The van der Waals surface area contributed by atoms with Gasteiger partial charge in [0, 0.05) is 11.4 Å². The Hall–Kier alpha value is -1.42. The first-order valence-corrected chi connectivity index (χ1v) is 6.34. The topological polar surface area (TPSA) is 62.0 Å². The van der Waals surface area contributed by atoms with Crippen LogP contribution in [0.25, 0.3) is 0 Å². The molecule has 0 radical (unpaired) electrons. The Bertz CT molecular complexity index is 404. The predicted octanol–water partition coefficient (Wildman–Crippen LogP) is 4.46. The molecule has 0 aromatic heterocycles. The smallest absolute Gasteiger partial charge is 0.303 e. The van der Waals surface area contributed by atoms with Crippen LogP contribution in [0.2, 0.25) is 5.02 Å². The van der Waals surface area contributed by atoms with Gasteiger partial charge < -0.3 is 5.11 Å². The zero-order valence-electron chi connectivity index (χ0n) is 10.3. The molecule has 0 saturated carbocycles. The van der Waals surface area contributed by atoms with E-state index >= 15 is 0 Å². The number of unbranched alkanes of at least 4 members (excludes halogenated alkanes) is 1. The molecule has 0 fully saturated rings. The van der Waals surface area contributed by atoms with Crippen molar-refractivity contribution >= 4 is 23.3 Å². The van der Waals surface area contributed by atoms with E-state index in [0.29, 0.717) is 11.4 Å². The molecule has 98 valence electrons. The van der Waals surface area contributed by atoms with E-state index in [1.807, 2.05) is 19.1 Å². The van der Waals surface area contributed by atoms with E-state index in [1.54, 1.807) is 12.1 Å². The van der Waals surface area contributed by atoms with Crippen LogP contribution in [0.5, 0.6) is 0 Å². The summed E-state index contributed by atoms with van der Waals surface area (Å²) in [5.74, 6) is -0.745. The summed E-state index contributed by atoms with van der Waals surface area (Å²) in [5, 5.41) is 17.5. The molecule has 0 saturated heterocycles. The Kier molecular flexibility index (Phi) is 6.36. The number of rotatable bonds is 7. The maximum atomic E-state index is 10.3. The summed E-state index contributed by atoms with van der Waals surface area (Å²) >= 11 is 5.76. The van der Waals surface area contributed by atoms with E-state index in [1.165, 1.54) is 0 Å². The molecule has 1 N–H and O–H groups in total. The van der Waals surface area contributed by atoms with E-state index in [0.717, 1.165) is 18.5 Å². The minimum absolute atomic E-state index is 0.106. The zero-order chi connectivity index (χ0) is 13.4. The molecule has 0 aliphatic rings. The lowest BCUT2D eigenvalue weighted by Crippen LogP contribution is -1.99. The normalized spacial score (nSPS) is 12.8. The van der Waals surface area contributed by atoms with Gasteiger partial charge in [-0.1, -0.05) is 18.0 Å². The first-order valence-electron chi connectivity index (χ1n) is 5.96. The van der Waals surface area contributed by atoms with Crippen LogP contribution in [0, 0.1) is 0 Å². The van der Waals surface area contributed by atoms with Gasteiger partial charge in [0.05, 0.1) is 11.7 Å². The number of carboxylic acids is 1. The molecule has 1 atom stereocenters. The van der Waals surface area contributed by atoms with Crippen molar-refractivity contribution < 1.29 is 9.90 Å². The standard InChI is InChI=1S/C13H17ClN2O2/c1-10(4-2-3-5-13(17)18)15-16-12-8-6-11(14)7-9-12/h6-10H,2-5H2,1H3,(H,17,18). The fourth-order valence-electron chi connectivity index (χ4n) is 1.45. The maximum Gasteiger partial charge on any atom is 0.303 e. The molecule has 18 heavy (non-hydrogen) atoms. The first-order chi connectivity index (χ1) is 8.58. The number of azo groups is 1. The van der Waals surface area contributed by atoms with Crippen LogP contribution in [0.1, 0.15) is 32.6 Å². The Morgan fingerprint density at radius 1 is 1.33 bits per heavy atom. The van der Waals surface area contributed by atoms with Crippen LogP contribution >= 0.6 is 11.6 Å². The molecule has 1 rings (SSSR count). The lowest BCUT2D eigenvalue weighted by molar-refractivity contribution is -0.137. The van der Waals surface area contributed by atoms with Crippen molar-refractivity contribution in [3.63, 3.8) is 0 Å². The molecule has 0 heterocycles. The highest BCUT2D eigenvalue weighted by Gasteiger charge is 2.01. The summed E-state index contributed by atoms with van der Waals surface area (Å²) in [6.45, 7) is 1.97. The van der Waals surface area contributed by atoms with Crippen molar-refractivity contribution in [3.05, 3.63) is 29.3 Å². The number of halogens is 1. The van der Waals surface area contributed by atoms with E-state index in [2.05, 4.69) is 10.2 Å². The Labute approximate surface area is 112 Å². The maximum absolute atomic E-state index is 10.3. The van der Waals surface area contributed by atoms with Gasteiger partial charge in [0.15, 0.2) is 0 Å². The highest BCUT2D eigenvalue weighted by molar-refractivity contribution is 6.30. The van der Waals surface area contributed by atoms with Crippen LogP contribution in [0.3, 0.4) is 0 Å². The molecule has 5 heteroatoms. The zero-order valence-corrected chi connectivity index (χ0v) is 11.1. The van der Waals surface area contributed by atoms with E-state index in [4.69, 9.17) is 16.7 Å². The summed E-state index contributed by atoms with van der Waals surface area (Å²) in [6.07, 6.45) is 2.62.